The Balaban J connectivity index is 2.82. The molecule has 0 aromatic heterocycles. The second kappa shape index (κ2) is 4.41. The van der Waals surface area contributed by atoms with Gasteiger partial charge in [-0.05, 0) is 27.7 Å². The lowest BCUT2D eigenvalue weighted by molar-refractivity contribution is -0.132. The molecule has 1 rings (SSSR count). The molecule has 0 spiro atoms. The van der Waals surface area contributed by atoms with Gasteiger partial charge in [0.25, 0.3) is 0 Å². The minimum absolute atomic E-state index is 0.113. The summed E-state index contributed by atoms with van der Waals surface area (Å²) in [6, 6.07) is 0. The highest BCUT2D eigenvalue weighted by Gasteiger charge is 2.48. The fourth-order valence-electron chi connectivity index (χ4n) is 1.72. The molecule has 1 saturated heterocycles. The van der Waals surface area contributed by atoms with E-state index in [2.05, 4.69) is 0 Å². The quantitative estimate of drug-likeness (QED) is 0.654. The van der Waals surface area contributed by atoms with Gasteiger partial charge in [0.1, 0.15) is 0 Å². The van der Waals surface area contributed by atoms with Gasteiger partial charge in [0.15, 0.2) is 0 Å². The van der Waals surface area contributed by atoms with Crippen molar-refractivity contribution in [3.63, 3.8) is 0 Å². The third-order valence-corrected chi connectivity index (χ3v) is 3.19. The lowest BCUT2D eigenvalue weighted by Crippen LogP contribution is -2.53. The highest BCUT2D eigenvalue weighted by Crippen LogP contribution is 2.32. The standard InChI is InChI=1S/C10H21BO4/c1-9(2,12-5)7-8(15-11-14-7)10(3,4)13-6/h7-8,11H,1-6H3/t7-,8-/m0/s1. The molecule has 4 nitrogen and oxygen atoms in total. The maximum absolute atomic E-state index is 5.58. The van der Waals surface area contributed by atoms with Crippen LogP contribution in [0.5, 0.6) is 0 Å². The largest absolute Gasteiger partial charge is 0.438 e. The van der Waals surface area contributed by atoms with E-state index < -0.39 is 0 Å². The van der Waals surface area contributed by atoms with E-state index in [-0.39, 0.29) is 23.4 Å². The number of rotatable bonds is 4. The average molecular weight is 216 g/mol. The van der Waals surface area contributed by atoms with Gasteiger partial charge in [-0.25, -0.2) is 0 Å². The zero-order valence-electron chi connectivity index (χ0n) is 10.5. The lowest BCUT2D eigenvalue weighted by atomic mass is 9.87. The van der Waals surface area contributed by atoms with Gasteiger partial charge in [-0.2, -0.15) is 0 Å². The Morgan fingerprint density at radius 2 is 1.20 bits per heavy atom. The molecule has 5 heteroatoms. The first-order chi connectivity index (χ1) is 6.85. The molecule has 0 amide bonds. The minimum Gasteiger partial charge on any atom is -0.405 e. The van der Waals surface area contributed by atoms with Crippen molar-refractivity contribution in [1.82, 2.24) is 0 Å². The third-order valence-electron chi connectivity index (χ3n) is 3.19. The summed E-state index contributed by atoms with van der Waals surface area (Å²) in [5, 5.41) is 0. The third kappa shape index (κ3) is 2.53. The molecule has 0 radical (unpaired) electrons. The van der Waals surface area contributed by atoms with Crippen LogP contribution >= 0.6 is 0 Å². The second-order valence-corrected chi connectivity index (χ2v) is 4.91. The fraction of sp³-hybridized carbons (Fsp3) is 1.00. The Hall–Kier alpha value is -0.0951. The fourth-order valence-corrected chi connectivity index (χ4v) is 1.72. The van der Waals surface area contributed by atoms with E-state index in [1.807, 2.05) is 27.7 Å². The number of ether oxygens (including phenoxy) is 2. The molecule has 0 aliphatic carbocycles. The maximum Gasteiger partial charge on any atom is 0.438 e. The smallest absolute Gasteiger partial charge is 0.405 e. The molecule has 88 valence electrons. The van der Waals surface area contributed by atoms with Crippen molar-refractivity contribution < 1.29 is 18.8 Å². The highest BCUT2D eigenvalue weighted by atomic mass is 16.7. The van der Waals surface area contributed by atoms with E-state index in [9.17, 15) is 0 Å². The van der Waals surface area contributed by atoms with E-state index in [0.717, 1.165) is 0 Å². The molecule has 0 aromatic rings. The molecule has 0 saturated carbocycles. The Morgan fingerprint density at radius 3 is 1.47 bits per heavy atom. The summed E-state index contributed by atoms with van der Waals surface area (Å²) in [7, 11) is 3.66. The number of methoxy groups -OCH3 is 2. The molecule has 2 atom stereocenters. The van der Waals surface area contributed by atoms with Crippen LogP contribution in [-0.2, 0) is 18.8 Å². The van der Waals surface area contributed by atoms with Gasteiger partial charge in [-0.15, -0.1) is 0 Å². The topological polar surface area (TPSA) is 36.9 Å². The van der Waals surface area contributed by atoms with Gasteiger partial charge >= 0.3 is 7.69 Å². The Morgan fingerprint density at radius 1 is 0.867 bits per heavy atom. The van der Waals surface area contributed by atoms with E-state index in [1.54, 1.807) is 14.2 Å². The zero-order valence-corrected chi connectivity index (χ0v) is 10.5. The van der Waals surface area contributed by atoms with E-state index in [1.165, 1.54) is 0 Å². The predicted octanol–water partition coefficient (Wildman–Crippen LogP) is 0.887. The van der Waals surface area contributed by atoms with Crippen LogP contribution in [0.1, 0.15) is 27.7 Å². The van der Waals surface area contributed by atoms with Crippen molar-refractivity contribution in [3.05, 3.63) is 0 Å². The van der Waals surface area contributed by atoms with Crippen LogP contribution < -0.4 is 0 Å². The molecule has 0 N–H and O–H groups in total. The van der Waals surface area contributed by atoms with Crippen molar-refractivity contribution in [2.45, 2.75) is 51.1 Å². The van der Waals surface area contributed by atoms with Gasteiger partial charge in [0.05, 0.1) is 23.4 Å². The first-order valence-corrected chi connectivity index (χ1v) is 5.18. The van der Waals surface area contributed by atoms with Gasteiger partial charge in [0, 0.05) is 14.2 Å². The second-order valence-electron chi connectivity index (χ2n) is 4.91. The molecule has 0 unspecified atom stereocenters. The van der Waals surface area contributed by atoms with Gasteiger partial charge in [-0.3, -0.25) is 0 Å². The molecule has 1 aliphatic rings. The molecule has 1 heterocycles. The molecule has 1 fully saturated rings. The molecule has 0 bridgehead atoms. The van der Waals surface area contributed by atoms with E-state index in [0.29, 0.717) is 7.69 Å². The van der Waals surface area contributed by atoms with Crippen molar-refractivity contribution >= 4 is 7.69 Å². The first kappa shape index (κ1) is 13.0. The van der Waals surface area contributed by atoms with Gasteiger partial charge in [0.2, 0.25) is 0 Å². The average Bonchev–Trinajstić information content (AvgIpc) is 2.67. The van der Waals surface area contributed by atoms with Crippen LogP contribution in [0.3, 0.4) is 0 Å². The van der Waals surface area contributed by atoms with Crippen molar-refractivity contribution in [2.24, 2.45) is 0 Å². The summed E-state index contributed by atoms with van der Waals surface area (Å²) in [4.78, 5) is 0. The van der Waals surface area contributed by atoms with Gasteiger partial charge in [-0.1, -0.05) is 0 Å². The van der Waals surface area contributed by atoms with Crippen LogP contribution in [0.2, 0.25) is 0 Å². The van der Waals surface area contributed by atoms with E-state index >= 15 is 0 Å². The summed E-state index contributed by atoms with van der Waals surface area (Å²) in [6.45, 7) is 7.96. The molecular weight excluding hydrogens is 195 g/mol. The summed E-state index contributed by atoms with van der Waals surface area (Å²) in [5.41, 5.74) is -0.756. The molecular formula is C10H21BO4. The van der Waals surface area contributed by atoms with Crippen LogP contribution in [0.15, 0.2) is 0 Å². The van der Waals surface area contributed by atoms with Gasteiger partial charge < -0.3 is 18.8 Å². The maximum atomic E-state index is 5.58. The summed E-state index contributed by atoms with van der Waals surface area (Å²) in [6.07, 6.45) is -0.227. The lowest BCUT2D eigenvalue weighted by Gasteiger charge is -2.39. The monoisotopic (exact) mass is 216 g/mol. The van der Waals surface area contributed by atoms with Crippen LogP contribution in [0.4, 0.5) is 0 Å². The Labute approximate surface area is 92.5 Å². The number of hydrogen-bond donors (Lipinski definition) is 0. The number of hydrogen-bond acceptors (Lipinski definition) is 4. The molecule has 1 aliphatic heterocycles. The van der Waals surface area contributed by atoms with Crippen molar-refractivity contribution in [3.8, 4) is 0 Å². The minimum atomic E-state index is -0.378. The van der Waals surface area contributed by atoms with Crippen LogP contribution in [-0.4, -0.2) is 45.3 Å². The normalized spacial score (nSPS) is 27.9. The Kier molecular flexibility index (Phi) is 3.82. The summed E-state index contributed by atoms with van der Waals surface area (Å²) >= 11 is 0. The summed E-state index contributed by atoms with van der Waals surface area (Å²) < 4.78 is 22.0. The molecule has 15 heavy (non-hydrogen) atoms. The van der Waals surface area contributed by atoms with Crippen molar-refractivity contribution in [1.29, 1.82) is 0 Å². The van der Waals surface area contributed by atoms with Crippen LogP contribution in [0.25, 0.3) is 0 Å². The highest BCUT2D eigenvalue weighted by molar-refractivity contribution is 6.19. The zero-order chi connectivity index (χ0) is 11.7. The SMILES string of the molecule is COC(C)(C)[C@H]1OBO[C@@H]1C(C)(C)OC. The Bertz CT molecular complexity index is 195. The predicted molar refractivity (Wildman–Crippen MR) is 59.1 cm³/mol. The van der Waals surface area contributed by atoms with Crippen LogP contribution in [0, 0.1) is 0 Å². The first-order valence-electron chi connectivity index (χ1n) is 5.18. The van der Waals surface area contributed by atoms with Crippen molar-refractivity contribution in [2.75, 3.05) is 14.2 Å². The molecule has 0 aromatic carbocycles. The van der Waals surface area contributed by atoms with E-state index in [4.69, 9.17) is 18.8 Å². The summed E-state index contributed by atoms with van der Waals surface area (Å²) in [5.74, 6) is 0.